The molecule has 0 saturated heterocycles. The second-order valence-electron chi connectivity index (χ2n) is 21.8. The third-order valence-corrected chi connectivity index (χ3v) is 19.7. The van der Waals surface area contributed by atoms with E-state index in [9.17, 15) is 0 Å². The minimum absolute atomic E-state index is 0.441. The van der Waals surface area contributed by atoms with Crippen LogP contribution in [0.3, 0.4) is 0 Å². The Labute approximate surface area is 462 Å². The molecule has 12 aromatic carbocycles. The number of fused-ring (bicyclic) bond motifs is 14. The lowest BCUT2D eigenvalue weighted by Gasteiger charge is -2.28. The maximum absolute atomic E-state index is 2.47. The number of thiophene rings is 2. The quantitative estimate of drug-likeness (QED) is 0.146. The standard InChI is InChI=1S/C76H52S2/c1-45-27-29-52(30-28-45)72-60-23-11-10-22-59(60)71(65-26-14-15-46(2)68(65)72)51-37-33-48(34-38-51)54-40-42-64-67(44-54)78-76-74(64)62-25-13-12-24-61(62)73-63-41-39-53(43-66(63)77-75(73)76)47-31-35-50(36-32-47)70-57-20-8-6-18-55(57)69(49-16-4-3-5-17-49)56-19-7-9-21-58(56)70/h3-14,16-27,29-46H,15,28H2,1-2H3. The van der Waals surface area contributed by atoms with Crippen molar-refractivity contribution in [2.45, 2.75) is 32.6 Å². The SMILES string of the molecule is CC1C=CC(c2c3c(c(-c4ccc(-c5ccc6c(c5)sc5c7sc8cc(-c9ccc(-c%10c%11ccccc%11c(-c%11ccccc%11)c%11ccccc%10%11)cc9)ccc8c7c7ccccc7c65)cc4)c4ccccc24)C=CCC3C)=CC1. The summed E-state index contributed by atoms with van der Waals surface area (Å²) in [5.74, 6) is 1.02. The van der Waals surface area contributed by atoms with Crippen molar-refractivity contribution in [1.82, 2.24) is 0 Å². The molecule has 0 aliphatic heterocycles. The van der Waals surface area contributed by atoms with Crippen molar-refractivity contribution in [3.05, 3.63) is 253 Å². The van der Waals surface area contributed by atoms with Gasteiger partial charge in [0.25, 0.3) is 0 Å². The van der Waals surface area contributed by atoms with Gasteiger partial charge in [-0.25, -0.2) is 0 Å². The Morgan fingerprint density at radius 1 is 0.346 bits per heavy atom. The molecule has 0 N–H and O–H groups in total. The van der Waals surface area contributed by atoms with E-state index in [2.05, 4.69) is 257 Å². The van der Waals surface area contributed by atoms with E-state index in [0.29, 0.717) is 11.8 Å². The minimum Gasteiger partial charge on any atom is -0.134 e. The van der Waals surface area contributed by atoms with Crippen molar-refractivity contribution in [2.24, 2.45) is 5.92 Å². The van der Waals surface area contributed by atoms with Gasteiger partial charge in [-0.3, -0.25) is 0 Å². The maximum atomic E-state index is 2.47. The van der Waals surface area contributed by atoms with Crippen LogP contribution in [0.2, 0.25) is 0 Å². The normalized spacial score (nSPS) is 15.4. The average molecular weight is 1030 g/mol. The van der Waals surface area contributed by atoms with Gasteiger partial charge >= 0.3 is 0 Å². The van der Waals surface area contributed by atoms with Crippen molar-refractivity contribution in [1.29, 1.82) is 0 Å². The summed E-state index contributed by atoms with van der Waals surface area (Å²) in [7, 11) is 0. The molecule has 16 rings (SSSR count). The highest BCUT2D eigenvalue weighted by Gasteiger charge is 2.27. The van der Waals surface area contributed by atoms with Crippen LogP contribution in [0, 0.1) is 5.92 Å². The Hall–Kier alpha value is -8.66. The molecule has 0 spiro atoms. The molecule has 2 aliphatic carbocycles. The molecular formula is C76H52S2. The molecule has 0 saturated carbocycles. The molecule has 2 aliphatic rings. The molecular weight excluding hydrogens is 977 g/mol. The van der Waals surface area contributed by atoms with E-state index in [1.54, 1.807) is 0 Å². The van der Waals surface area contributed by atoms with Crippen LogP contribution in [0.5, 0.6) is 0 Å². The van der Waals surface area contributed by atoms with E-state index in [4.69, 9.17) is 0 Å². The first kappa shape index (κ1) is 45.5. The Balaban J connectivity index is 0.775. The number of rotatable bonds is 6. The highest BCUT2D eigenvalue weighted by atomic mass is 32.1. The Bertz CT molecular complexity index is 4850. The summed E-state index contributed by atoms with van der Waals surface area (Å²) in [6.07, 6.45) is 14.2. The highest BCUT2D eigenvalue weighted by molar-refractivity contribution is 7.33. The Morgan fingerprint density at radius 2 is 0.756 bits per heavy atom. The summed E-state index contributed by atoms with van der Waals surface area (Å²) >= 11 is 3.91. The molecule has 0 nitrogen and oxygen atoms in total. The molecule has 2 aromatic heterocycles. The molecule has 2 unspecified atom stereocenters. The molecule has 0 bridgehead atoms. The van der Waals surface area contributed by atoms with E-state index in [0.717, 1.165) is 12.8 Å². The monoisotopic (exact) mass is 1030 g/mol. The topological polar surface area (TPSA) is 0 Å². The number of allylic oxidation sites excluding steroid dienone is 5. The predicted octanol–water partition coefficient (Wildman–Crippen LogP) is 22.9. The summed E-state index contributed by atoms with van der Waals surface area (Å²) in [5.41, 5.74) is 18.3. The van der Waals surface area contributed by atoms with Gasteiger partial charge in [0.05, 0.1) is 9.40 Å². The zero-order chi connectivity index (χ0) is 51.6. The van der Waals surface area contributed by atoms with Crippen LogP contribution in [0.25, 0.3) is 151 Å². The lowest BCUT2D eigenvalue weighted by atomic mass is 9.75. The third kappa shape index (κ3) is 7.03. The number of hydrogen-bond acceptors (Lipinski definition) is 2. The zero-order valence-corrected chi connectivity index (χ0v) is 45.1. The molecule has 0 fully saturated rings. The van der Waals surface area contributed by atoms with Gasteiger partial charge in [0, 0.05) is 30.9 Å². The fraction of sp³-hybridized carbons (Fsp3) is 0.0789. The van der Waals surface area contributed by atoms with Crippen molar-refractivity contribution >= 4 is 118 Å². The van der Waals surface area contributed by atoms with Crippen LogP contribution in [0.15, 0.2) is 237 Å². The fourth-order valence-corrected chi connectivity index (χ4v) is 16.2. The van der Waals surface area contributed by atoms with Crippen LogP contribution in [0.4, 0.5) is 0 Å². The van der Waals surface area contributed by atoms with E-state index in [-0.39, 0.29) is 0 Å². The molecule has 2 heteroatoms. The van der Waals surface area contributed by atoms with Gasteiger partial charge in [0.15, 0.2) is 0 Å². The van der Waals surface area contributed by atoms with E-state index >= 15 is 0 Å². The molecule has 2 atom stereocenters. The fourth-order valence-electron chi connectivity index (χ4n) is 13.5. The van der Waals surface area contributed by atoms with Crippen LogP contribution in [0.1, 0.15) is 49.3 Å². The summed E-state index contributed by atoms with van der Waals surface area (Å²) in [4.78, 5) is 0. The molecule has 0 radical (unpaired) electrons. The maximum Gasteiger partial charge on any atom is 0.0540 e. The molecule has 78 heavy (non-hydrogen) atoms. The molecule has 14 aromatic rings. The largest absolute Gasteiger partial charge is 0.134 e. The summed E-state index contributed by atoms with van der Waals surface area (Å²) < 4.78 is 5.41. The van der Waals surface area contributed by atoms with Crippen LogP contribution in [-0.2, 0) is 0 Å². The van der Waals surface area contributed by atoms with Gasteiger partial charge in [0.2, 0.25) is 0 Å². The first-order valence-electron chi connectivity index (χ1n) is 27.6. The van der Waals surface area contributed by atoms with Crippen LogP contribution in [-0.4, -0.2) is 0 Å². The van der Waals surface area contributed by atoms with Crippen LogP contribution >= 0.6 is 22.7 Å². The third-order valence-electron chi connectivity index (χ3n) is 17.2. The number of hydrogen-bond donors (Lipinski definition) is 0. The lowest BCUT2D eigenvalue weighted by molar-refractivity contribution is 0.737. The van der Waals surface area contributed by atoms with Crippen molar-refractivity contribution in [2.75, 3.05) is 0 Å². The van der Waals surface area contributed by atoms with Gasteiger partial charge in [0.1, 0.15) is 0 Å². The smallest absolute Gasteiger partial charge is 0.0540 e. The van der Waals surface area contributed by atoms with Crippen molar-refractivity contribution in [3.8, 4) is 55.6 Å². The Kier molecular flexibility index (Phi) is 10.5. The molecule has 0 amide bonds. The molecule has 2 heterocycles. The Morgan fingerprint density at radius 3 is 1.24 bits per heavy atom. The van der Waals surface area contributed by atoms with Gasteiger partial charge < -0.3 is 0 Å². The molecule has 368 valence electrons. The van der Waals surface area contributed by atoms with Crippen LogP contribution < -0.4 is 0 Å². The van der Waals surface area contributed by atoms with Gasteiger partial charge in [-0.1, -0.05) is 244 Å². The van der Waals surface area contributed by atoms with Gasteiger partial charge in [-0.2, -0.15) is 0 Å². The summed E-state index contributed by atoms with van der Waals surface area (Å²) in [6.45, 7) is 4.72. The van der Waals surface area contributed by atoms with Gasteiger partial charge in [-0.15, -0.1) is 22.7 Å². The van der Waals surface area contributed by atoms with E-state index in [1.807, 2.05) is 22.7 Å². The average Bonchev–Trinajstić information content (AvgIpc) is 4.20. The first-order chi connectivity index (χ1) is 38.5. The van der Waals surface area contributed by atoms with E-state index < -0.39 is 0 Å². The first-order valence-corrected chi connectivity index (χ1v) is 29.2. The van der Waals surface area contributed by atoms with E-state index in [1.165, 1.54) is 161 Å². The summed E-state index contributed by atoms with van der Waals surface area (Å²) in [6, 6.07) is 80.0. The minimum atomic E-state index is 0.441. The van der Waals surface area contributed by atoms with Crippen molar-refractivity contribution in [3.63, 3.8) is 0 Å². The zero-order valence-electron chi connectivity index (χ0n) is 43.5. The summed E-state index contributed by atoms with van der Waals surface area (Å²) in [5, 5.41) is 15.8. The predicted molar refractivity (Wildman–Crippen MR) is 342 cm³/mol. The van der Waals surface area contributed by atoms with Gasteiger partial charge in [-0.05, 0) is 158 Å². The van der Waals surface area contributed by atoms with Crippen molar-refractivity contribution < 1.29 is 0 Å². The second-order valence-corrected chi connectivity index (χ2v) is 23.9. The highest BCUT2D eigenvalue weighted by Crippen LogP contribution is 2.52. The lowest BCUT2D eigenvalue weighted by Crippen LogP contribution is -2.08. The second kappa shape index (κ2) is 18.0. The number of benzene rings is 12.